The first-order chi connectivity index (χ1) is 9.61. The van der Waals surface area contributed by atoms with E-state index in [1.54, 1.807) is 18.7 Å². The number of thioether (sulfide) groups is 1. The van der Waals surface area contributed by atoms with Gasteiger partial charge >= 0.3 is 0 Å². The molecule has 1 aromatic carbocycles. The zero-order valence-electron chi connectivity index (χ0n) is 11.6. The number of nitrogens with two attached hydrogens (primary N) is 2. The van der Waals surface area contributed by atoms with E-state index in [2.05, 4.69) is 23.0 Å². The van der Waals surface area contributed by atoms with Gasteiger partial charge in [0.05, 0.1) is 5.69 Å². The van der Waals surface area contributed by atoms with E-state index in [1.807, 2.05) is 18.2 Å². The van der Waals surface area contributed by atoms with Gasteiger partial charge in [-0.25, -0.2) is 4.98 Å². The highest BCUT2D eigenvalue weighted by molar-refractivity contribution is 7.99. The van der Waals surface area contributed by atoms with Crippen molar-refractivity contribution in [2.24, 2.45) is 0 Å². The Labute approximate surface area is 122 Å². The minimum Gasteiger partial charge on any atom is -0.483 e. The van der Waals surface area contributed by atoms with E-state index in [-0.39, 0.29) is 11.8 Å². The Bertz CT molecular complexity index is 580. The number of anilines is 2. The predicted molar refractivity (Wildman–Crippen MR) is 82.8 cm³/mol. The van der Waals surface area contributed by atoms with Crippen LogP contribution in [0.1, 0.15) is 18.2 Å². The number of ether oxygens (including phenoxy) is 1. The lowest BCUT2D eigenvalue weighted by atomic mass is 10.2. The van der Waals surface area contributed by atoms with E-state index in [1.165, 1.54) is 4.90 Å². The van der Waals surface area contributed by atoms with Crippen LogP contribution < -0.4 is 16.2 Å². The summed E-state index contributed by atoms with van der Waals surface area (Å²) in [5.74, 6) is 1.95. The van der Waals surface area contributed by atoms with Gasteiger partial charge in [0.2, 0.25) is 5.95 Å². The second-order valence-corrected chi connectivity index (χ2v) is 5.52. The summed E-state index contributed by atoms with van der Waals surface area (Å²) in [6.07, 6.45) is 0. The van der Waals surface area contributed by atoms with Crippen LogP contribution in [0.4, 0.5) is 11.8 Å². The van der Waals surface area contributed by atoms with Gasteiger partial charge in [0, 0.05) is 10.5 Å². The van der Waals surface area contributed by atoms with Gasteiger partial charge in [0.25, 0.3) is 0 Å². The molecule has 0 saturated carbocycles. The molecule has 0 aliphatic carbocycles. The zero-order valence-corrected chi connectivity index (χ0v) is 12.4. The van der Waals surface area contributed by atoms with Gasteiger partial charge in [0.15, 0.2) is 11.6 Å². The molecule has 1 heterocycles. The summed E-state index contributed by atoms with van der Waals surface area (Å²) in [5, 5.41) is 0. The summed E-state index contributed by atoms with van der Waals surface area (Å²) >= 11 is 1.79. The van der Waals surface area contributed by atoms with Crippen molar-refractivity contribution < 1.29 is 4.74 Å². The maximum atomic E-state index is 5.82. The molecule has 106 valence electrons. The molecule has 0 spiro atoms. The molecule has 4 N–H and O–H groups in total. The molecule has 0 unspecified atom stereocenters. The fraction of sp³-hybridized carbons (Fsp3) is 0.286. The number of benzene rings is 1. The number of rotatable bonds is 5. The lowest BCUT2D eigenvalue weighted by Crippen LogP contribution is -2.07. The number of hydrogen-bond donors (Lipinski definition) is 2. The molecule has 5 nitrogen and oxygen atoms in total. The van der Waals surface area contributed by atoms with Crippen molar-refractivity contribution in [1.82, 2.24) is 9.97 Å². The standard InChI is InChI=1S/C14H18N4OS/c1-3-20-11-7-5-4-6-10(11)8-19-12-9(2)17-14(16)18-13(12)15/h4-7H,3,8H2,1-2H3,(H4,15,16,17,18). The van der Waals surface area contributed by atoms with Gasteiger partial charge in [-0.15, -0.1) is 11.8 Å². The third-order valence-electron chi connectivity index (χ3n) is 2.72. The number of aromatic nitrogens is 2. The predicted octanol–water partition coefficient (Wildman–Crippen LogP) is 2.64. The van der Waals surface area contributed by atoms with Crippen molar-refractivity contribution in [2.75, 3.05) is 17.2 Å². The number of nitrogen functional groups attached to an aromatic ring is 2. The molecular formula is C14H18N4OS. The highest BCUT2D eigenvalue weighted by Gasteiger charge is 2.10. The summed E-state index contributed by atoms with van der Waals surface area (Å²) in [4.78, 5) is 9.19. The molecule has 0 saturated heterocycles. The van der Waals surface area contributed by atoms with E-state index in [0.29, 0.717) is 18.1 Å². The van der Waals surface area contributed by atoms with E-state index < -0.39 is 0 Å². The minimum atomic E-state index is 0.161. The van der Waals surface area contributed by atoms with Gasteiger partial charge in [0.1, 0.15) is 6.61 Å². The smallest absolute Gasteiger partial charge is 0.222 e. The lowest BCUT2D eigenvalue weighted by molar-refractivity contribution is 0.300. The van der Waals surface area contributed by atoms with E-state index >= 15 is 0 Å². The lowest BCUT2D eigenvalue weighted by Gasteiger charge is -2.13. The van der Waals surface area contributed by atoms with Crippen molar-refractivity contribution >= 4 is 23.5 Å². The molecule has 0 aliphatic heterocycles. The van der Waals surface area contributed by atoms with Crippen molar-refractivity contribution in [3.05, 3.63) is 35.5 Å². The van der Waals surface area contributed by atoms with Crippen LogP contribution in [0.2, 0.25) is 0 Å². The van der Waals surface area contributed by atoms with E-state index in [4.69, 9.17) is 16.2 Å². The molecule has 0 fully saturated rings. The molecule has 6 heteroatoms. The maximum Gasteiger partial charge on any atom is 0.222 e. The Morgan fingerprint density at radius 2 is 1.95 bits per heavy atom. The minimum absolute atomic E-state index is 0.161. The fourth-order valence-electron chi connectivity index (χ4n) is 1.85. The Morgan fingerprint density at radius 3 is 2.65 bits per heavy atom. The largest absolute Gasteiger partial charge is 0.483 e. The van der Waals surface area contributed by atoms with E-state index in [9.17, 15) is 0 Å². The third-order valence-corrected chi connectivity index (χ3v) is 3.72. The average Bonchev–Trinajstić information content (AvgIpc) is 2.39. The second kappa shape index (κ2) is 6.47. The fourth-order valence-corrected chi connectivity index (χ4v) is 2.65. The van der Waals surface area contributed by atoms with Crippen molar-refractivity contribution in [2.45, 2.75) is 25.3 Å². The van der Waals surface area contributed by atoms with Gasteiger partial charge in [-0.2, -0.15) is 4.98 Å². The zero-order chi connectivity index (χ0) is 14.5. The summed E-state index contributed by atoms with van der Waals surface area (Å²) in [5.41, 5.74) is 13.1. The monoisotopic (exact) mass is 290 g/mol. The van der Waals surface area contributed by atoms with Crippen LogP contribution >= 0.6 is 11.8 Å². The number of aryl methyl sites for hydroxylation is 1. The molecule has 0 amide bonds. The molecule has 1 aromatic heterocycles. The highest BCUT2D eigenvalue weighted by Crippen LogP contribution is 2.27. The maximum absolute atomic E-state index is 5.82. The van der Waals surface area contributed by atoms with Crippen LogP contribution in [0.3, 0.4) is 0 Å². The topological polar surface area (TPSA) is 87.0 Å². The van der Waals surface area contributed by atoms with Gasteiger partial charge < -0.3 is 16.2 Å². The Hall–Kier alpha value is -1.95. The van der Waals surface area contributed by atoms with Gasteiger partial charge in [-0.3, -0.25) is 0 Å². The van der Waals surface area contributed by atoms with Crippen molar-refractivity contribution in [3.63, 3.8) is 0 Å². The van der Waals surface area contributed by atoms with E-state index in [0.717, 1.165) is 11.3 Å². The van der Waals surface area contributed by atoms with Crippen molar-refractivity contribution in [1.29, 1.82) is 0 Å². The Morgan fingerprint density at radius 1 is 1.20 bits per heavy atom. The summed E-state index contributed by atoms with van der Waals surface area (Å²) in [6, 6.07) is 8.14. The number of nitrogens with zero attached hydrogens (tertiary/aromatic N) is 2. The van der Waals surface area contributed by atoms with Crippen LogP contribution in [0.25, 0.3) is 0 Å². The van der Waals surface area contributed by atoms with Crippen LogP contribution in [0.5, 0.6) is 5.75 Å². The van der Waals surface area contributed by atoms with Gasteiger partial charge in [-0.1, -0.05) is 25.1 Å². The average molecular weight is 290 g/mol. The van der Waals surface area contributed by atoms with Crippen LogP contribution in [0.15, 0.2) is 29.2 Å². The first kappa shape index (κ1) is 14.5. The quantitative estimate of drug-likeness (QED) is 0.823. The second-order valence-electron chi connectivity index (χ2n) is 4.21. The molecule has 0 atom stereocenters. The Kier molecular flexibility index (Phi) is 4.68. The molecule has 0 aliphatic rings. The molecule has 2 rings (SSSR count). The van der Waals surface area contributed by atoms with Crippen LogP contribution in [-0.4, -0.2) is 15.7 Å². The summed E-state index contributed by atoms with van der Waals surface area (Å²) in [6.45, 7) is 4.36. The first-order valence-corrected chi connectivity index (χ1v) is 7.33. The molecular weight excluding hydrogens is 272 g/mol. The van der Waals surface area contributed by atoms with Gasteiger partial charge in [-0.05, 0) is 18.7 Å². The van der Waals surface area contributed by atoms with Crippen LogP contribution in [-0.2, 0) is 6.61 Å². The molecule has 2 aromatic rings. The molecule has 0 radical (unpaired) electrons. The molecule has 20 heavy (non-hydrogen) atoms. The SMILES string of the molecule is CCSc1ccccc1COc1c(C)nc(N)nc1N. The summed E-state index contributed by atoms with van der Waals surface area (Å²) < 4.78 is 5.78. The highest BCUT2D eigenvalue weighted by atomic mass is 32.2. The number of hydrogen-bond acceptors (Lipinski definition) is 6. The van der Waals surface area contributed by atoms with Crippen LogP contribution in [0, 0.1) is 6.92 Å². The van der Waals surface area contributed by atoms with Crippen molar-refractivity contribution in [3.8, 4) is 5.75 Å². The summed E-state index contributed by atoms with van der Waals surface area (Å²) in [7, 11) is 0. The Balaban J connectivity index is 2.17. The normalized spacial score (nSPS) is 10.5. The third kappa shape index (κ3) is 3.33. The first-order valence-electron chi connectivity index (χ1n) is 6.35. The molecule has 0 bridgehead atoms.